The molecule has 3 atom stereocenters. The number of nitrogens with one attached hydrogen (secondary N) is 1. The van der Waals surface area contributed by atoms with Crippen LogP contribution < -0.4 is 10.1 Å². The quantitative estimate of drug-likeness (QED) is 0.412. The van der Waals surface area contributed by atoms with E-state index in [1.165, 1.54) is 47.6 Å². The van der Waals surface area contributed by atoms with Gasteiger partial charge >= 0.3 is 0 Å². The van der Waals surface area contributed by atoms with Gasteiger partial charge in [0, 0.05) is 45.1 Å². The Bertz CT molecular complexity index is 1450. The van der Waals surface area contributed by atoms with E-state index in [-0.39, 0.29) is 59.2 Å². The van der Waals surface area contributed by atoms with Gasteiger partial charge in [-0.2, -0.15) is 4.31 Å². The number of rotatable bonds is 8. The number of amides is 2. The largest absolute Gasteiger partial charge is 0.486 e. The minimum absolute atomic E-state index is 0.0638. The lowest BCUT2D eigenvalue weighted by Gasteiger charge is -2.38. The molecule has 1 aliphatic heterocycles. The number of aliphatic hydroxyl groups is 1. The lowest BCUT2D eigenvalue weighted by Crippen LogP contribution is -2.50. The number of sulfonamides is 1. The number of carbonyl (C=O) groups excluding carboxylic acids is 2. The van der Waals surface area contributed by atoms with Gasteiger partial charge in [0.25, 0.3) is 21.8 Å². The molecule has 0 aliphatic carbocycles. The molecule has 2 amide bonds. The summed E-state index contributed by atoms with van der Waals surface area (Å²) in [7, 11) is -0.828. The second-order valence-corrected chi connectivity index (χ2v) is 11.5. The fourth-order valence-electron chi connectivity index (χ4n) is 4.20. The molecule has 14 heteroatoms. The number of hydrogen-bond acceptors (Lipinski definition) is 9. The lowest BCUT2D eigenvalue weighted by molar-refractivity contribution is 0.0388. The molecule has 2 aromatic heterocycles. The first kappa shape index (κ1) is 28.1. The SMILES string of the molecule is C[C@H]1CN([C@@H](C)CO)C(=O)c2cccc(NC(=O)c3cnccn3)c2O[C@H]1CN(C)S(=O)(=O)c1cn(C)cn1. The van der Waals surface area contributed by atoms with Gasteiger partial charge in [0.1, 0.15) is 11.8 Å². The van der Waals surface area contributed by atoms with Crippen molar-refractivity contribution >= 4 is 27.5 Å². The zero-order valence-electron chi connectivity index (χ0n) is 22.1. The van der Waals surface area contributed by atoms with Gasteiger partial charge in [0.15, 0.2) is 10.8 Å². The predicted octanol–water partition coefficient (Wildman–Crippen LogP) is 1.00. The maximum absolute atomic E-state index is 13.6. The molecule has 13 nitrogen and oxygen atoms in total. The Hall–Kier alpha value is -3.88. The Morgan fingerprint density at radius 2 is 2.08 bits per heavy atom. The van der Waals surface area contributed by atoms with E-state index in [9.17, 15) is 23.1 Å². The van der Waals surface area contributed by atoms with Crippen LogP contribution in [0.4, 0.5) is 5.69 Å². The summed E-state index contributed by atoms with van der Waals surface area (Å²) in [6.45, 7) is 3.43. The minimum Gasteiger partial charge on any atom is -0.486 e. The van der Waals surface area contributed by atoms with Crippen molar-refractivity contribution in [3.8, 4) is 5.75 Å². The molecule has 1 aromatic carbocycles. The van der Waals surface area contributed by atoms with Gasteiger partial charge in [-0.15, -0.1) is 0 Å². The molecule has 2 N–H and O–H groups in total. The van der Waals surface area contributed by atoms with Crippen LogP contribution in [0.3, 0.4) is 0 Å². The fraction of sp³-hybridized carbons (Fsp3) is 0.400. The molecule has 1 aliphatic rings. The number of benzene rings is 1. The number of fused-ring (bicyclic) bond motifs is 1. The van der Waals surface area contributed by atoms with Gasteiger partial charge in [-0.1, -0.05) is 13.0 Å². The third-order valence-electron chi connectivity index (χ3n) is 6.53. The van der Waals surface area contributed by atoms with Gasteiger partial charge in [-0.25, -0.2) is 18.4 Å². The van der Waals surface area contributed by atoms with Crippen LogP contribution in [0.25, 0.3) is 0 Å². The van der Waals surface area contributed by atoms with Crippen molar-refractivity contribution in [2.75, 3.05) is 32.1 Å². The smallest absolute Gasteiger partial charge is 0.275 e. The molecule has 0 unspecified atom stereocenters. The van der Waals surface area contributed by atoms with Crippen LogP contribution in [0, 0.1) is 5.92 Å². The highest BCUT2D eigenvalue weighted by molar-refractivity contribution is 7.89. The van der Waals surface area contributed by atoms with Crippen LogP contribution in [0.15, 0.2) is 54.3 Å². The number of carbonyl (C=O) groups is 2. The summed E-state index contributed by atoms with van der Waals surface area (Å²) >= 11 is 0. The molecular formula is C25H31N7O6S. The van der Waals surface area contributed by atoms with Crippen molar-refractivity contribution in [2.45, 2.75) is 31.0 Å². The summed E-state index contributed by atoms with van der Waals surface area (Å²) in [4.78, 5) is 39.9. The van der Waals surface area contributed by atoms with Crippen LogP contribution in [0.2, 0.25) is 0 Å². The van der Waals surface area contributed by atoms with Gasteiger partial charge in [0.2, 0.25) is 0 Å². The Balaban J connectivity index is 1.73. The van der Waals surface area contributed by atoms with E-state index in [1.54, 1.807) is 32.2 Å². The highest BCUT2D eigenvalue weighted by Crippen LogP contribution is 2.35. The number of likely N-dealkylation sites (N-methyl/N-ethyl adjacent to an activating group) is 1. The van der Waals surface area contributed by atoms with Crippen molar-refractivity contribution in [3.63, 3.8) is 0 Å². The van der Waals surface area contributed by atoms with Gasteiger partial charge in [-0.3, -0.25) is 14.6 Å². The van der Waals surface area contributed by atoms with E-state index in [0.29, 0.717) is 0 Å². The monoisotopic (exact) mass is 557 g/mol. The minimum atomic E-state index is -3.93. The second-order valence-electron chi connectivity index (χ2n) is 9.51. The molecule has 0 bridgehead atoms. The Kier molecular flexibility index (Phi) is 8.28. The maximum atomic E-state index is 13.6. The van der Waals surface area contributed by atoms with Crippen molar-refractivity contribution in [1.29, 1.82) is 0 Å². The van der Waals surface area contributed by atoms with E-state index in [1.807, 2.05) is 6.92 Å². The Morgan fingerprint density at radius 1 is 1.31 bits per heavy atom. The number of imidazole rings is 1. The molecule has 0 saturated heterocycles. The van der Waals surface area contributed by atoms with Crippen LogP contribution in [-0.2, 0) is 17.1 Å². The summed E-state index contributed by atoms with van der Waals surface area (Å²) in [6.07, 6.45) is 6.21. The maximum Gasteiger partial charge on any atom is 0.275 e. The molecule has 4 rings (SSSR count). The number of aryl methyl sites for hydroxylation is 1. The van der Waals surface area contributed by atoms with Gasteiger partial charge in [0.05, 0.1) is 43.0 Å². The molecule has 0 saturated carbocycles. The summed E-state index contributed by atoms with van der Waals surface area (Å²) < 4.78 is 35.4. The molecule has 39 heavy (non-hydrogen) atoms. The van der Waals surface area contributed by atoms with E-state index in [0.717, 1.165) is 4.31 Å². The summed E-state index contributed by atoms with van der Waals surface area (Å²) in [6, 6.07) is 4.23. The van der Waals surface area contributed by atoms with Crippen LogP contribution >= 0.6 is 0 Å². The van der Waals surface area contributed by atoms with Crippen LogP contribution in [-0.4, -0.2) is 93.0 Å². The third-order valence-corrected chi connectivity index (χ3v) is 8.24. The molecule has 0 radical (unpaired) electrons. The van der Waals surface area contributed by atoms with E-state index < -0.39 is 28.1 Å². The topological polar surface area (TPSA) is 160 Å². The molecule has 0 spiro atoms. The van der Waals surface area contributed by atoms with Crippen molar-refractivity contribution in [3.05, 3.63) is 60.6 Å². The molecule has 0 fully saturated rings. The highest BCUT2D eigenvalue weighted by Gasteiger charge is 2.36. The number of anilines is 1. The zero-order valence-corrected chi connectivity index (χ0v) is 22.9. The van der Waals surface area contributed by atoms with Crippen LogP contribution in [0.1, 0.15) is 34.7 Å². The van der Waals surface area contributed by atoms with Crippen molar-refractivity contribution in [1.82, 2.24) is 28.7 Å². The van der Waals surface area contributed by atoms with E-state index in [4.69, 9.17) is 4.74 Å². The zero-order chi connectivity index (χ0) is 28.3. The Morgan fingerprint density at radius 3 is 2.72 bits per heavy atom. The van der Waals surface area contributed by atoms with Gasteiger partial charge in [-0.05, 0) is 19.1 Å². The number of aromatic nitrogens is 4. The van der Waals surface area contributed by atoms with Crippen molar-refractivity contribution in [2.24, 2.45) is 13.0 Å². The highest BCUT2D eigenvalue weighted by atomic mass is 32.2. The van der Waals surface area contributed by atoms with Crippen LogP contribution in [0.5, 0.6) is 5.75 Å². The molecule has 3 aromatic rings. The third kappa shape index (κ3) is 5.92. The first-order chi connectivity index (χ1) is 18.5. The van der Waals surface area contributed by atoms with E-state index >= 15 is 0 Å². The fourth-order valence-corrected chi connectivity index (χ4v) is 5.34. The molecule has 208 valence electrons. The summed E-state index contributed by atoms with van der Waals surface area (Å²) in [5.74, 6) is -1.21. The number of hydrogen-bond donors (Lipinski definition) is 2. The first-order valence-electron chi connectivity index (χ1n) is 12.3. The summed E-state index contributed by atoms with van der Waals surface area (Å²) in [5.41, 5.74) is 0.440. The van der Waals surface area contributed by atoms with Gasteiger partial charge < -0.3 is 24.6 Å². The first-order valence-corrected chi connectivity index (χ1v) is 13.7. The number of aliphatic hydroxyl groups excluding tert-OH is 1. The number of ether oxygens (including phenoxy) is 1. The average Bonchev–Trinajstić information content (AvgIpc) is 3.38. The predicted molar refractivity (Wildman–Crippen MR) is 141 cm³/mol. The normalized spacial score (nSPS) is 18.6. The standard InChI is InChI=1S/C25H31N7O6S/c1-16-11-32(17(2)14-33)25(35)18-6-5-7-19(29-24(34)20-10-26-8-9-27-20)23(18)38-21(16)12-31(4)39(36,37)22-13-30(3)15-28-22/h5-10,13,15-17,21,33H,11-12,14H2,1-4H3,(H,29,34)/t16-,17-,21-/m0/s1. The Labute approximate surface area is 226 Å². The molecule has 3 heterocycles. The number of nitrogens with zero attached hydrogens (tertiary/aromatic N) is 6. The van der Waals surface area contributed by atoms with Crippen molar-refractivity contribution < 1.29 is 27.9 Å². The summed E-state index contributed by atoms with van der Waals surface area (Å²) in [5, 5.41) is 12.5. The lowest BCUT2D eigenvalue weighted by atomic mass is 9.99. The average molecular weight is 558 g/mol. The second kappa shape index (κ2) is 11.5. The number of para-hydroxylation sites is 1. The van der Waals surface area contributed by atoms with E-state index in [2.05, 4.69) is 20.3 Å². The molecular weight excluding hydrogens is 526 g/mol.